The molecule has 0 saturated carbocycles. The summed E-state index contributed by atoms with van der Waals surface area (Å²) in [6, 6.07) is 22.1. The van der Waals surface area contributed by atoms with Gasteiger partial charge in [-0.25, -0.2) is 0 Å². The van der Waals surface area contributed by atoms with E-state index in [0.29, 0.717) is 11.7 Å². The summed E-state index contributed by atoms with van der Waals surface area (Å²) < 4.78 is 5.19. The van der Waals surface area contributed by atoms with Gasteiger partial charge in [0.1, 0.15) is 5.75 Å². The van der Waals surface area contributed by atoms with Gasteiger partial charge < -0.3 is 4.74 Å². The Morgan fingerprint density at radius 1 is 1.06 bits per heavy atom. The molecule has 1 aliphatic rings. The maximum atomic E-state index is 13.2. The molecule has 0 aromatic heterocycles. The maximum absolute atomic E-state index is 13.2. The Morgan fingerprint density at radius 3 is 2.62 bits per heavy atom. The minimum absolute atomic E-state index is 0.0973. The molecule has 0 spiro atoms. The fourth-order valence-corrected chi connectivity index (χ4v) is 4.88. The first-order valence-corrected chi connectivity index (χ1v) is 11.8. The summed E-state index contributed by atoms with van der Waals surface area (Å²) in [5.74, 6) is 0.917. The van der Waals surface area contributed by atoms with Gasteiger partial charge in [-0.1, -0.05) is 74.0 Å². The standard InChI is InChI=1S/C26H27N3O2S/c1-3-4-12-24-25(30)29(18-21-10-7-9-20-8-5-6-11-23(20)21)26(32-24)28-27-17-19-13-15-22(31-2)16-14-19/h5-11,13-17,24H,3-4,12,18H2,1-2H3/b27-17-,28-26+/t24-/m1/s1. The van der Waals surface area contributed by atoms with Gasteiger partial charge in [-0.05, 0) is 52.6 Å². The van der Waals surface area contributed by atoms with E-state index in [4.69, 9.17) is 4.74 Å². The molecule has 5 nitrogen and oxygen atoms in total. The van der Waals surface area contributed by atoms with E-state index in [1.807, 2.05) is 42.5 Å². The monoisotopic (exact) mass is 445 g/mol. The molecule has 0 unspecified atom stereocenters. The van der Waals surface area contributed by atoms with Crippen molar-refractivity contribution in [3.8, 4) is 5.75 Å². The third-order valence-electron chi connectivity index (χ3n) is 5.51. The minimum Gasteiger partial charge on any atom is -0.497 e. The number of carbonyl (C=O) groups is 1. The fraction of sp³-hybridized carbons (Fsp3) is 0.269. The molecule has 1 amide bonds. The zero-order chi connectivity index (χ0) is 22.3. The molecule has 164 valence electrons. The molecule has 1 aliphatic heterocycles. The molecule has 3 aromatic rings. The number of amidine groups is 1. The van der Waals surface area contributed by atoms with Gasteiger partial charge >= 0.3 is 0 Å². The van der Waals surface area contributed by atoms with Gasteiger partial charge in [0.25, 0.3) is 0 Å². The van der Waals surface area contributed by atoms with Crippen molar-refractivity contribution < 1.29 is 9.53 Å². The molecule has 0 N–H and O–H groups in total. The van der Waals surface area contributed by atoms with Crippen molar-refractivity contribution in [1.82, 2.24) is 4.90 Å². The number of benzene rings is 3. The van der Waals surface area contributed by atoms with Crippen molar-refractivity contribution in [3.63, 3.8) is 0 Å². The van der Waals surface area contributed by atoms with E-state index in [1.165, 1.54) is 17.1 Å². The Morgan fingerprint density at radius 2 is 1.84 bits per heavy atom. The van der Waals surface area contributed by atoms with Crippen LogP contribution in [0.5, 0.6) is 5.75 Å². The van der Waals surface area contributed by atoms with Crippen molar-refractivity contribution in [2.75, 3.05) is 7.11 Å². The van der Waals surface area contributed by atoms with Crippen LogP contribution in [0.4, 0.5) is 0 Å². The number of methoxy groups -OCH3 is 1. The van der Waals surface area contributed by atoms with E-state index in [9.17, 15) is 4.79 Å². The highest BCUT2D eigenvalue weighted by atomic mass is 32.2. The predicted molar refractivity (Wildman–Crippen MR) is 133 cm³/mol. The number of nitrogens with zero attached hydrogens (tertiary/aromatic N) is 3. The number of fused-ring (bicyclic) bond motifs is 1. The molecule has 0 aliphatic carbocycles. The zero-order valence-corrected chi connectivity index (χ0v) is 19.2. The SMILES string of the molecule is CCCC[C@H]1S/C(=N/N=C\c2ccc(OC)cc2)N(Cc2cccc3ccccc23)C1=O. The lowest BCUT2D eigenvalue weighted by Gasteiger charge is -2.17. The second kappa shape index (κ2) is 10.5. The van der Waals surface area contributed by atoms with Gasteiger partial charge in [-0.2, -0.15) is 5.10 Å². The number of rotatable bonds is 8. The number of thioether (sulfide) groups is 1. The van der Waals surface area contributed by atoms with Crippen LogP contribution in [-0.4, -0.2) is 34.5 Å². The highest BCUT2D eigenvalue weighted by Crippen LogP contribution is 2.33. The first kappa shape index (κ1) is 22.1. The lowest BCUT2D eigenvalue weighted by Crippen LogP contribution is -2.31. The molecule has 6 heteroatoms. The average molecular weight is 446 g/mol. The Labute approximate surface area is 193 Å². The summed E-state index contributed by atoms with van der Waals surface area (Å²) in [4.78, 5) is 15.0. The van der Waals surface area contributed by atoms with E-state index in [-0.39, 0.29) is 11.2 Å². The predicted octanol–water partition coefficient (Wildman–Crippen LogP) is 5.87. The Kier molecular flexibility index (Phi) is 7.22. The molecule has 1 atom stereocenters. The number of carbonyl (C=O) groups excluding carboxylic acids is 1. The van der Waals surface area contributed by atoms with Crippen LogP contribution in [0.2, 0.25) is 0 Å². The van der Waals surface area contributed by atoms with Crippen molar-refractivity contribution in [2.24, 2.45) is 10.2 Å². The van der Waals surface area contributed by atoms with E-state index in [1.54, 1.807) is 18.2 Å². The van der Waals surface area contributed by atoms with Crippen LogP contribution in [-0.2, 0) is 11.3 Å². The Hall–Kier alpha value is -3.12. The number of unbranched alkanes of at least 4 members (excludes halogenated alkanes) is 1. The minimum atomic E-state index is -0.0973. The van der Waals surface area contributed by atoms with Gasteiger partial charge in [0.05, 0.1) is 25.1 Å². The fourth-order valence-electron chi connectivity index (χ4n) is 3.74. The van der Waals surface area contributed by atoms with Crippen LogP contribution >= 0.6 is 11.8 Å². The number of ether oxygens (including phenoxy) is 1. The first-order valence-electron chi connectivity index (χ1n) is 10.9. The summed E-state index contributed by atoms with van der Waals surface area (Å²) in [7, 11) is 1.64. The second-order valence-corrected chi connectivity index (χ2v) is 8.88. The third-order valence-corrected chi connectivity index (χ3v) is 6.75. The van der Waals surface area contributed by atoms with Crippen LogP contribution in [0.25, 0.3) is 10.8 Å². The Balaban J connectivity index is 1.59. The number of hydrogen-bond donors (Lipinski definition) is 0. The smallest absolute Gasteiger partial charge is 0.242 e. The van der Waals surface area contributed by atoms with Crippen molar-refractivity contribution >= 4 is 39.8 Å². The summed E-state index contributed by atoms with van der Waals surface area (Å²) in [5.41, 5.74) is 2.03. The van der Waals surface area contributed by atoms with Gasteiger partial charge in [0, 0.05) is 0 Å². The molecule has 1 heterocycles. The lowest BCUT2D eigenvalue weighted by molar-refractivity contribution is -0.126. The molecule has 3 aromatic carbocycles. The highest BCUT2D eigenvalue weighted by Gasteiger charge is 2.37. The average Bonchev–Trinajstić information content (AvgIpc) is 3.12. The van der Waals surface area contributed by atoms with Crippen molar-refractivity contribution in [1.29, 1.82) is 0 Å². The van der Waals surface area contributed by atoms with Crippen LogP contribution in [0.1, 0.15) is 37.3 Å². The third kappa shape index (κ3) is 5.02. The highest BCUT2D eigenvalue weighted by molar-refractivity contribution is 8.15. The molecule has 1 saturated heterocycles. The summed E-state index contributed by atoms with van der Waals surface area (Å²) in [5, 5.41) is 11.6. The normalized spacial score (nSPS) is 17.7. The quantitative estimate of drug-likeness (QED) is 0.322. The zero-order valence-electron chi connectivity index (χ0n) is 18.4. The molecule has 0 bridgehead atoms. The largest absolute Gasteiger partial charge is 0.497 e. The summed E-state index contributed by atoms with van der Waals surface area (Å²) in [6.45, 7) is 2.64. The van der Waals surface area contributed by atoms with E-state index < -0.39 is 0 Å². The Bertz CT molecular complexity index is 1140. The molecule has 1 fully saturated rings. The molecule has 0 radical (unpaired) electrons. The van der Waals surface area contributed by atoms with E-state index in [2.05, 4.69) is 41.4 Å². The molecule has 32 heavy (non-hydrogen) atoms. The van der Waals surface area contributed by atoms with Crippen LogP contribution < -0.4 is 4.74 Å². The maximum Gasteiger partial charge on any atom is 0.242 e. The lowest BCUT2D eigenvalue weighted by atomic mass is 10.0. The van der Waals surface area contributed by atoms with E-state index >= 15 is 0 Å². The number of amides is 1. The second-order valence-electron chi connectivity index (χ2n) is 7.71. The van der Waals surface area contributed by atoms with Gasteiger partial charge in [0.2, 0.25) is 5.91 Å². The summed E-state index contributed by atoms with van der Waals surface area (Å²) in [6.07, 6.45) is 4.64. The van der Waals surface area contributed by atoms with E-state index in [0.717, 1.165) is 41.5 Å². The molecular formula is C26H27N3O2S. The number of hydrogen-bond acceptors (Lipinski definition) is 5. The first-order chi connectivity index (χ1) is 15.7. The topological polar surface area (TPSA) is 54.3 Å². The van der Waals surface area contributed by atoms with Gasteiger partial charge in [-0.3, -0.25) is 9.69 Å². The van der Waals surface area contributed by atoms with Crippen molar-refractivity contribution in [2.45, 2.75) is 38.0 Å². The van der Waals surface area contributed by atoms with Crippen LogP contribution in [0.3, 0.4) is 0 Å². The van der Waals surface area contributed by atoms with Crippen molar-refractivity contribution in [3.05, 3.63) is 77.9 Å². The van der Waals surface area contributed by atoms with Gasteiger partial charge in [0.15, 0.2) is 5.17 Å². The summed E-state index contributed by atoms with van der Waals surface area (Å²) >= 11 is 1.53. The molecular weight excluding hydrogens is 418 g/mol. The van der Waals surface area contributed by atoms with Crippen LogP contribution in [0, 0.1) is 0 Å². The van der Waals surface area contributed by atoms with Crippen LogP contribution in [0.15, 0.2) is 76.9 Å². The van der Waals surface area contributed by atoms with Gasteiger partial charge in [-0.15, -0.1) is 5.10 Å². The molecule has 4 rings (SSSR count).